The van der Waals surface area contributed by atoms with E-state index < -0.39 is 17.9 Å². The fraction of sp³-hybridized carbons (Fsp3) is 0.304. The lowest BCUT2D eigenvalue weighted by atomic mass is 10.1. The lowest BCUT2D eigenvalue weighted by Crippen LogP contribution is -2.27. The van der Waals surface area contributed by atoms with Crippen LogP contribution in [0, 0.1) is 5.92 Å². The van der Waals surface area contributed by atoms with Gasteiger partial charge < -0.3 is 14.4 Å². The highest BCUT2D eigenvalue weighted by atomic mass is 79.9. The van der Waals surface area contributed by atoms with Crippen LogP contribution in [0.4, 0.5) is 5.69 Å². The Morgan fingerprint density at radius 2 is 1.65 bits per heavy atom. The molecule has 1 saturated heterocycles. The van der Waals surface area contributed by atoms with Crippen LogP contribution in [0.5, 0.6) is 0 Å². The number of esters is 2. The zero-order valence-electron chi connectivity index (χ0n) is 17.2. The van der Waals surface area contributed by atoms with Crippen molar-refractivity contribution in [2.75, 3.05) is 18.1 Å². The van der Waals surface area contributed by atoms with E-state index in [-0.39, 0.29) is 37.4 Å². The number of ether oxygens (including phenoxy) is 2. The van der Waals surface area contributed by atoms with E-state index in [1.807, 2.05) is 0 Å². The maximum atomic E-state index is 12.4. The van der Waals surface area contributed by atoms with Gasteiger partial charge in [-0.15, -0.1) is 0 Å². The van der Waals surface area contributed by atoms with Crippen molar-refractivity contribution >= 4 is 45.2 Å². The van der Waals surface area contributed by atoms with E-state index >= 15 is 0 Å². The summed E-state index contributed by atoms with van der Waals surface area (Å²) < 4.78 is 11.1. The van der Waals surface area contributed by atoms with E-state index in [1.165, 1.54) is 4.90 Å². The number of nitrogens with zero attached hydrogens (tertiary/aromatic N) is 1. The normalized spacial score (nSPS) is 15.8. The first-order valence-corrected chi connectivity index (χ1v) is 10.6. The van der Waals surface area contributed by atoms with Crippen molar-refractivity contribution in [1.29, 1.82) is 0 Å². The number of ketones is 1. The minimum Gasteiger partial charge on any atom is -0.459 e. The molecule has 1 atom stereocenters. The van der Waals surface area contributed by atoms with Crippen LogP contribution in [0.2, 0.25) is 0 Å². The Balaban J connectivity index is 1.56. The zero-order chi connectivity index (χ0) is 22.5. The Bertz CT molecular complexity index is 984. The van der Waals surface area contributed by atoms with Crippen LogP contribution >= 0.6 is 15.9 Å². The number of halogens is 1. The first-order chi connectivity index (χ1) is 14.7. The van der Waals surface area contributed by atoms with E-state index in [9.17, 15) is 19.2 Å². The molecule has 0 aromatic heterocycles. The molecule has 0 spiro atoms. The second-order valence-corrected chi connectivity index (χ2v) is 8.36. The molecule has 0 aliphatic carbocycles. The van der Waals surface area contributed by atoms with Crippen LogP contribution in [0.3, 0.4) is 0 Å². The molecule has 0 saturated carbocycles. The van der Waals surface area contributed by atoms with E-state index in [1.54, 1.807) is 62.4 Å². The molecule has 1 aliphatic heterocycles. The third-order valence-electron chi connectivity index (χ3n) is 4.73. The minimum atomic E-state index is -0.657. The molecule has 0 unspecified atom stereocenters. The largest absolute Gasteiger partial charge is 0.459 e. The highest BCUT2D eigenvalue weighted by molar-refractivity contribution is 9.10. The summed E-state index contributed by atoms with van der Waals surface area (Å²) in [5.41, 5.74) is 1.40. The highest BCUT2D eigenvalue weighted by Gasteiger charge is 2.36. The molecule has 2 aromatic rings. The van der Waals surface area contributed by atoms with Crippen molar-refractivity contribution in [2.45, 2.75) is 26.4 Å². The van der Waals surface area contributed by atoms with Gasteiger partial charge in [0.25, 0.3) is 0 Å². The number of carbonyl (C=O) groups is 4. The maximum Gasteiger partial charge on any atom is 0.338 e. The van der Waals surface area contributed by atoms with Gasteiger partial charge in [-0.1, -0.05) is 28.1 Å². The molecular weight excluding hydrogens is 466 g/mol. The first kappa shape index (κ1) is 22.7. The molecule has 3 rings (SSSR count). The fourth-order valence-corrected chi connectivity index (χ4v) is 3.41. The average Bonchev–Trinajstić information content (AvgIpc) is 3.13. The van der Waals surface area contributed by atoms with Crippen molar-refractivity contribution in [3.05, 3.63) is 64.1 Å². The summed E-state index contributed by atoms with van der Waals surface area (Å²) in [5.74, 6) is -2.22. The summed E-state index contributed by atoms with van der Waals surface area (Å²) in [6.07, 6.45) is -0.225. The molecule has 1 amide bonds. The van der Waals surface area contributed by atoms with Gasteiger partial charge in [-0.2, -0.15) is 0 Å². The summed E-state index contributed by atoms with van der Waals surface area (Å²) in [5, 5.41) is 0. The molecule has 0 radical (unpaired) electrons. The second kappa shape index (κ2) is 9.87. The van der Waals surface area contributed by atoms with Gasteiger partial charge in [-0.05, 0) is 50.2 Å². The van der Waals surface area contributed by atoms with Crippen LogP contribution < -0.4 is 4.90 Å². The van der Waals surface area contributed by atoms with Gasteiger partial charge in [0.15, 0.2) is 12.4 Å². The summed E-state index contributed by atoms with van der Waals surface area (Å²) >= 11 is 3.30. The molecule has 1 fully saturated rings. The molecule has 7 nitrogen and oxygen atoms in total. The Kier molecular flexibility index (Phi) is 7.22. The Hall–Kier alpha value is -3.00. The maximum absolute atomic E-state index is 12.4. The van der Waals surface area contributed by atoms with E-state index in [0.29, 0.717) is 16.8 Å². The lowest BCUT2D eigenvalue weighted by Gasteiger charge is -2.17. The Morgan fingerprint density at radius 1 is 1.03 bits per heavy atom. The zero-order valence-corrected chi connectivity index (χ0v) is 18.8. The monoisotopic (exact) mass is 487 g/mol. The van der Waals surface area contributed by atoms with Gasteiger partial charge in [0.2, 0.25) is 5.91 Å². The quantitative estimate of drug-likeness (QED) is 0.435. The van der Waals surface area contributed by atoms with Gasteiger partial charge >= 0.3 is 11.9 Å². The van der Waals surface area contributed by atoms with Gasteiger partial charge in [-0.3, -0.25) is 14.4 Å². The average molecular weight is 488 g/mol. The second-order valence-electron chi connectivity index (χ2n) is 7.44. The lowest BCUT2D eigenvalue weighted by molar-refractivity contribution is -0.147. The number of anilines is 1. The highest BCUT2D eigenvalue weighted by Crippen LogP contribution is 2.26. The van der Waals surface area contributed by atoms with Crippen molar-refractivity contribution < 1.29 is 28.7 Å². The van der Waals surface area contributed by atoms with Crippen molar-refractivity contribution in [3.8, 4) is 0 Å². The Morgan fingerprint density at radius 3 is 2.26 bits per heavy atom. The number of hydrogen-bond acceptors (Lipinski definition) is 6. The van der Waals surface area contributed by atoms with Crippen LogP contribution in [-0.2, 0) is 19.1 Å². The van der Waals surface area contributed by atoms with Crippen LogP contribution in [0.1, 0.15) is 41.0 Å². The topological polar surface area (TPSA) is 90.0 Å². The fourth-order valence-electron chi connectivity index (χ4n) is 3.15. The molecule has 0 N–H and O–H groups in total. The smallest absolute Gasteiger partial charge is 0.338 e. The van der Waals surface area contributed by atoms with E-state index in [4.69, 9.17) is 9.47 Å². The van der Waals surface area contributed by atoms with Gasteiger partial charge in [-0.25, -0.2) is 4.79 Å². The van der Waals surface area contributed by atoms with E-state index in [2.05, 4.69) is 15.9 Å². The van der Waals surface area contributed by atoms with E-state index in [0.717, 1.165) is 4.47 Å². The predicted octanol–water partition coefficient (Wildman–Crippen LogP) is 3.79. The SMILES string of the molecule is CC(C)OC(=O)c1ccc(N2C[C@@H](C(=O)OCC(=O)c3ccc(Br)cc3)CC2=O)cc1. The summed E-state index contributed by atoms with van der Waals surface area (Å²) in [6, 6.07) is 13.2. The standard InChI is InChI=1S/C23H22BrNO6/c1-14(2)31-23(29)16-5-9-19(10-6-16)25-12-17(11-21(25)27)22(28)30-13-20(26)15-3-7-18(24)8-4-15/h3-10,14,17H,11-13H2,1-2H3/t17-/m0/s1. The van der Waals surface area contributed by atoms with Gasteiger partial charge in [0.05, 0.1) is 17.6 Å². The van der Waals surface area contributed by atoms with Gasteiger partial charge in [0, 0.05) is 28.7 Å². The summed E-state index contributed by atoms with van der Waals surface area (Å²) in [7, 11) is 0. The number of hydrogen-bond donors (Lipinski definition) is 0. The molecule has 31 heavy (non-hydrogen) atoms. The molecule has 162 valence electrons. The van der Waals surface area contributed by atoms with Crippen molar-refractivity contribution in [1.82, 2.24) is 0 Å². The van der Waals surface area contributed by atoms with Crippen LogP contribution in [0.15, 0.2) is 53.0 Å². The van der Waals surface area contributed by atoms with Crippen molar-refractivity contribution in [2.24, 2.45) is 5.92 Å². The summed E-state index contributed by atoms with van der Waals surface area (Å²) in [6.45, 7) is 3.31. The van der Waals surface area contributed by atoms with Crippen LogP contribution in [0.25, 0.3) is 0 Å². The number of carbonyl (C=O) groups excluding carboxylic acids is 4. The predicted molar refractivity (Wildman–Crippen MR) is 117 cm³/mol. The summed E-state index contributed by atoms with van der Waals surface area (Å²) in [4.78, 5) is 50.4. The van der Waals surface area contributed by atoms with Crippen molar-refractivity contribution in [3.63, 3.8) is 0 Å². The molecule has 1 aliphatic rings. The number of benzene rings is 2. The Labute approximate surface area is 188 Å². The third-order valence-corrected chi connectivity index (χ3v) is 5.26. The molecule has 0 bridgehead atoms. The van der Waals surface area contributed by atoms with Gasteiger partial charge in [0.1, 0.15) is 0 Å². The number of Topliss-reactive ketones (excluding diaryl/α,β-unsaturated/α-hetero) is 1. The molecule has 1 heterocycles. The molecular formula is C23H22BrNO6. The molecule has 8 heteroatoms. The molecule has 2 aromatic carbocycles. The number of amides is 1. The first-order valence-electron chi connectivity index (χ1n) is 9.81. The third kappa shape index (κ3) is 5.79. The minimum absolute atomic E-state index is 0.00243. The van der Waals surface area contributed by atoms with Crippen LogP contribution in [-0.4, -0.2) is 42.9 Å². The number of rotatable bonds is 7.